The van der Waals surface area contributed by atoms with Gasteiger partial charge in [0.15, 0.2) is 0 Å². The number of amides is 1. The van der Waals surface area contributed by atoms with Gasteiger partial charge in [-0.15, -0.1) is 0 Å². The third-order valence-electron chi connectivity index (χ3n) is 3.07. The summed E-state index contributed by atoms with van der Waals surface area (Å²) in [5.74, 6) is 0.506. The SMILES string of the molecule is O=C(NC1CCCC1CBr)c1ccccn1. The van der Waals surface area contributed by atoms with Crippen molar-refractivity contribution in [3.8, 4) is 0 Å². The van der Waals surface area contributed by atoms with Crippen molar-refractivity contribution in [3.63, 3.8) is 0 Å². The van der Waals surface area contributed by atoms with Gasteiger partial charge in [0.05, 0.1) is 0 Å². The lowest BCUT2D eigenvalue weighted by molar-refractivity contribution is 0.0925. The molecule has 2 unspecified atom stereocenters. The van der Waals surface area contributed by atoms with Crippen molar-refractivity contribution < 1.29 is 4.79 Å². The summed E-state index contributed by atoms with van der Waals surface area (Å²) in [7, 11) is 0. The second-order valence-corrected chi connectivity index (χ2v) is 4.79. The first kappa shape index (κ1) is 11.6. The molecule has 2 atom stereocenters. The molecule has 1 amide bonds. The molecule has 86 valence electrons. The quantitative estimate of drug-likeness (QED) is 0.865. The van der Waals surface area contributed by atoms with Gasteiger partial charge in [-0.3, -0.25) is 9.78 Å². The van der Waals surface area contributed by atoms with Gasteiger partial charge in [-0.25, -0.2) is 0 Å². The summed E-state index contributed by atoms with van der Waals surface area (Å²) in [6, 6.07) is 5.69. The van der Waals surface area contributed by atoms with E-state index in [1.165, 1.54) is 12.8 Å². The smallest absolute Gasteiger partial charge is 0.270 e. The van der Waals surface area contributed by atoms with E-state index >= 15 is 0 Å². The van der Waals surface area contributed by atoms with Gasteiger partial charge < -0.3 is 5.32 Å². The molecular weight excluding hydrogens is 268 g/mol. The van der Waals surface area contributed by atoms with Crippen LogP contribution in [0.25, 0.3) is 0 Å². The maximum atomic E-state index is 11.9. The van der Waals surface area contributed by atoms with E-state index in [4.69, 9.17) is 0 Å². The Kier molecular flexibility index (Phi) is 3.93. The van der Waals surface area contributed by atoms with Gasteiger partial charge in [-0.1, -0.05) is 28.4 Å². The summed E-state index contributed by atoms with van der Waals surface area (Å²) in [4.78, 5) is 15.9. The average molecular weight is 283 g/mol. The number of nitrogens with one attached hydrogen (secondary N) is 1. The highest BCUT2D eigenvalue weighted by atomic mass is 79.9. The molecule has 16 heavy (non-hydrogen) atoms. The van der Waals surface area contributed by atoms with Gasteiger partial charge in [0, 0.05) is 17.6 Å². The van der Waals surface area contributed by atoms with Crippen LogP contribution in [0.5, 0.6) is 0 Å². The first-order chi connectivity index (χ1) is 7.81. The molecule has 1 aromatic heterocycles. The fourth-order valence-electron chi connectivity index (χ4n) is 2.15. The Morgan fingerprint density at radius 1 is 1.50 bits per heavy atom. The number of pyridine rings is 1. The number of carbonyl (C=O) groups excluding carboxylic acids is 1. The Hall–Kier alpha value is -0.900. The molecular formula is C12H15BrN2O. The number of hydrogen-bond donors (Lipinski definition) is 1. The predicted molar refractivity (Wildman–Crippen MR) is 66.6 cm³/mol. The van der Waals surface area contributed by atoms with Crippen molar-refractivity contribution >= 4 is 21.8 Å². The van der Waals surface area contributed by atoms with E-state index in [1.807, 2.05) is 12.1 Å². The van der Waals surface area contributed by atoms with E-state index < -0.39 is 0 Å². The molecule has 1 heterocycles. The molecule has 0 radical (unpaired) electrons. The maximum Gasteiger partial charge on any atom is 0.270 e. The molecule has 0 spiro atoms. The number of halogens is 1. The maximum absolute atomic E-state index is 11.9. The highest BCUT2D eigenvalue weighted by Gasteiger charge is 2.27. The number of nitrogens with zero attached hydrogens (tertiary/aromatic N) is 1. The van der Waals surface area contributed by atoms with Crippen LogP contribution in [0.3, 0.4) is 0 Å². The summed E-state index contributed by atoms with van der Waals surface area (Å²) in [5.41, 5.74) is 0.503. The number of hydrogen-bond acceptors (Lipinski definition) is 2. The molecule has 0 aromatic carbocycles. The third-order valence-corrected chi connectivity index (χ3v) is 3.90. The second-order valence-electron chi connectivity index (χ2n) is 4.14. The Bertz CT molecular complexity index is 355. The van der Waals surface area contributed by atoms with E-state index in [0.29, 0.717) is 17.7 Å². The van der Waals surface area contributed by atoms with Gasteiger partial charge in [-0.05, 0) is 30.9 Å². The van der Waals surface area contributed by atoms with E-state index in [2.05, 4.69) is 26.2 Å². The number of carbonyl (C=O) groups is 1. The van der Waals surface area contributed by atoms with Crippen molar-refractivity contribution in [1.82, 2.24) is 10.3 Å². The Balaban J connectivity index is 1.97. The summed E-state index contributed by atoms with van der Waals surface area (Å²) >= 11 is 3.50. The molecule has 1 fully saturated rings. The molecule has 1 aromatic rings. The highest BCUT2D eigenvalue weighted by Crippen LogP contribution is 2.27. The molecule has 4 heteroatoms. The van der Waals surface area contributed by atoms with Crippen molar-refractivity contribution in [2.75, 3.05) is 5.33 Å². The molecule has 1 saturated carbocycles. The summed E-state index contributed by atoms with van der Waals surface area (Å²) < 4.78 is 0. The van der Waals surface area contributed by atoms with E-state index in [-0.39, 0.29) is 5.91 Å². The zero-order valence-electron chi connectivity index (χ0n) is 9.03. The Morgan fingerprint density at radius 3 is 3.06 bits per heavy atom. The van der Waals surface area contributed by atoms with Crippen LogP contribution < -0.4 is 5.32 Å². The van der Waals surface area contributed by atoms with Crippen molar-refractivity contribution in [3.05, 3.63) is 30.1 Å². The lowest BCUT2D eigenvalue weighted by Crippen LogP contribution is -2.38. The van der Waals surface area contributed by atoms with Crippen LogP contribution in [0, 0.1) is 5.92 Å². The van der Waals surface area contributed by atoms with E-state index in [1.54, 1.807) is 12.3 Å². The first-order valence-electron chi connectivity index (χ1n) is 5.59. The minimum Gasteiger partial charge on any atom is -0.348 e. The van der Waals surface area contributed by atoms with Crippen LogP contribution in [-0.4, -0.2) is 22.3 Å². The van der Waals surface area contributed by atoms with E-state index in [9.17, 15) is 4.79 Å². The average Bonchev–Trinajstić information content (AvgIpc) is 2.77. The molecule has 1 aliphatic carbocycles. The van der Waals surface area contributed by atoms with Crippen LogP contribution in [-0.2, 0) is 0 Å². The number of alkyl halides is 1. The molecule has 0 bridgehead atoms. The minimum absolute atomic E-state index is 0.0570. The number of aromatic nitrogens is 1. The van der Waals surface area contributed by atoms with Crippen LogP contribution in [0.2, 0.25) is 0 Å². The summed E-state index contributed by atoms with van der Waals surface area (Å²) in [6.45, 7) is 0. The van der Waals surface area contributed by atoms with Crippen LogP contribution in [0.15, 0.2) is 24.4 Å². The minimum atomic E-state index is -0.0570. The van der Waals surface area contributed by atoms with Crippen molar-refractivity contribution in [1.29, 1.82) is 0 Å². The van der Waals surface area contributed by atoms with Crippen molar-refractivity contribution in [2.24, 2.45) is 5.92 Å². The molecule has 1 aliphatic rings. The molecule has 2 rings (SSSR count). The van der Waals surface area contributed by atoms with E-state index in [0.717, 1.165) is 11.8 Å². The summed E-state index contributed by atoms with van der Waals surface area (Å²) in [5, 5.41) is 4.02. The monoisotopic (exact) mass is 282 g/mol. The van der Waals surface area contributed by atoms with Gasteiger partial charge in [0.25, 0.3) is 5.91 Å². The van der Waals surface area contributed by atoms with Gasteiger partial charge in [0.1, 0.15) is 5.69 Å². The fraction of sp³-hybridized carbons (Fsp3) is 0.500. The molecule has 0 saturated heterocycles. The number of rotatable bonds is 3. The van der Waals surface area contributed by atoms with Crippen molar-refractivity contribution in [2.45, 2.75) is 25.3 Å². The normalized spacial score (nSPS) is 24.3. The lowest BCUT2D eigenvalue weighted by Gasteiger charge is -2.18. The zero-order chi connectivity index (χ0) is 11.4. The lowest BCUT2D eigenvalue weighted by atomic mass is 10.1. The second kappa shape index (κ2) is 5.43. The zero-order valence-corrected chi connectivity index (χ0v) is 10.6. The Labute approximate surface area is 104 Å². The largest absolute Gasteiger partial charge is 0.348 e. The highest BCUT2D eigenvalue weighted by molar-refractivity contribution is 9.09. The fourth-order valence-corrected chi connectivity index (χ4v) is 2.93. The summed E-state index contributed by atoms with van der Waals surface area (Å²) in [6.07, 6.45) is 5.11. The van der Waals surface area contributed by atoms with Gasteiger partial charge >= 0.3 is 0 Å². The Morgan fingerprint density at radius 2 is 2.38 bits per heavy atom. The molecule has 3 nitrogen and oxygen atoms in total. The first-order valence-corrected chi connectivity index (χ1v) is 6.71. The third kappa shape index (κ3) is 2.61. The molecule has 0 aliphatic heterocycles. The molecule has 1 N–H and O–H groups in total. The van der Waals surface area contributed by atoms with Crippen LogP contribution in [0.1, 0.15) is 29.8 Å². The van der Waals surface area contributed by atoms with Crippen LogP contribution in [0.4, 0.5) is 0 Å². The van der Waals surface area contributed by atoms with Gasteiger partial charge in [0.2, 0.25) is 0 Å². The van der Waals surface area contributed by atoms with Gasteiger partial charge in [-0.2, -0.15) is 0 Å². The topological polar surface area (TPSA) is 42.0 Å². The predicted octanol–water partition coefficient (Wildman–Crippen LogP) is 2.38. The standard InChI is InChI=1S/C12H15BrN2O/c13-8-9-4-3-6-10(9)15-12(16)11-5-1-2-7-14-11/h1-2,5,7,9-10H,3-4,6,8H2,(H,15,16). The van der Waals surface area contributed by atoms with Crippen LogP contribution >= 0.6 is 15.9 Å².